The fraction of sp³-hybridized carbons (Fsp3) is 0.455. The Morgan fingerprint density at radius 3 is 2.59 bits per heavy atom. The molecule has 2 aromatic heterocycles. The van der Waals surface area contributed by atoms with Crippen LogP contribution in [0.1, 0.15) is 61.6 Å². The van der Waals surface area contributed by atoms with E-state index in [0.29, 0.717) is 12.0 Å². The third-order valence-electron chi connectivity index (χ3n) is 5.80. The molecule has 0 atom stereocenters. The van der Waals surface area contributed by atoms with Crippen LogP contribution in [0.25, 0.3) is 22.0 Å². The normalized spacial score (nSPS) is 17.9. The molecule has 1 aromatic carbocycles. The topological polar surface area (TPSA) is 51.0 Å². The molecule has 4 nitrogen and oxygen atoms in total. The Balaban J connectivity index is 1.59. The number of rotatable bonds is 5. The first-order valence-electron chi connectivity index (χ1n) is 9.99. The molecule has 0 unspecified atom stereocenters. The van der Waals surface area contributed by atoms with Gasteiger partial charge in [0.1, 0.15) is 5.76 Å². The quantitative estimate of drug-likeness (QED) is 0.557. The maximum absolute atomic E-state index is 5.42. The fourth-order valence-electron chi connectivity index (χ4n) is 4.14. The zero-order valence-corrected chi connectivity index (χ0v) is 16.7. The lowest BCUT2D eigenvalue weighted by Crippen LogP contribution is -2.18. The number of aryl methyl sites for hydroxylation is 2. The van der Waals surface area contributed by atoms with Crippen LogP contribution in [0, 0.1) is 13.8 Å². The lowest BCUT2D eigenvalue weighted by molar-refractivity contribution is 0.393. The maximum Gasteiger partial charge on any atom is 0.141 e. The first-order valence-corrected chi connectivity index (χ1v) is 10.8. The van der Waals surface area contributed by atoms with Crippen LogP contribution >= 0.6 is 11.9 Å². The van der Waals surface area contributed by atoms with Crippen LogP contribution in [0.4, 0.5) is 0 Å². The Kier molecular flexibility index (Phi) is 4.44. The summed E-state index contributed by atoms with van der Waals surface area (Å²) in [5.74, 6) is 1.52. The Labute approximate surface area is 164 Å². The van der Waals surface area contributed by atoms with E-state index in [-0.39, 0.29) is 0 Å². The van der Waals surface area contributed by atoms with Crippen molar-refractivity contribution in [2.75, 3.05) is 0 Å². The molecule has 0 amide bonds. The average Bonchev–Trinajstić information content (AvgIpc) is 3.29. The van der Waals surface area contributed by atoms with Crippen LogP contribution in [-0.2, 0) is 0 Å². The van der Waals surface area contributed by atoms with Crippen molar-refractivity contribution >= 4 is 22.9 Å². The molecule has 0 aliphatic heterocycles. The molecule has 5 heteroatoms. The molecule has 2 aliphatic carbocycles. The van der Waals surface area contributed by atoms with Gasteiger partial charge in [-0.05, 0) is 81.3 Å². The Morgan fingerprint density at radius 2 is 1.89 bits per heavy atom. The highest BCUT2D eigenvalue weighted by molar-refractivity contribution is 7.97. The van der Waals surface area contributed by atoms with Crippen molar-refractivity contribution in [1.29, 1.82) is 0 Å². The molecule has 0 radical (unpaired) electrons. The van der Waals surface area contributed by atoms with E-state index >= 15 is 0 Å². The predicted molar refractivity (Wildman–Crippen MR) is 110 cm³/mol. The van der Waals surface area contributed by atoms with Crippen molar-refractivity contribution < 1.29 is 4.52 Å². The van der Waals surface area contributed by atoms with Gasteiger partial charge in [-0.2, -0.15) is 0 Å². The van der Waals surface area contributed by atoms with Gasteiger partial charge in [-0.1, -0.05) is 18.0 Å². The molecule has 0 spiro atoms. The van der Waals surface area contributed by atoms with Crippen molar-refractivity contribution in [1.82, 2.24) is 14.9 Å². The van der Waals surface area contributed by atoms with E-state index in [2.05, 4.69) is 34.1 Å². The number of nitrogens with one attached hydrogen (secondary N) is 1. The zero-order chi connectivity index (χ0) is 18.4. The second-order valence-electron chi connectivity index (χ2n) is 7.95. The lowest BCUT2D eigenvalue weighted by Gasteiger charge is -2.14. The number of benzene rings is 1. The number of hydrogen-bond acceptors (Lipinski definition) is 5. The van der Waals surface area contributed by atoms with Crippen molar-refractivity contribution in [3.63, 3.8) is 0 Å². The molecule has 3 aromatic rings. The van der Waals surface area contributed by atoms with Crippen molar-refractivity contribution in [2.45, 2.75) is 69.2 Å². The van der Waals surface area contributed by atoms with Gasteiger partial charge in [-0.3, -0.25) is 9.71 Å². The van der Waals surface area contributed by atoms with Crippen LogP contribution in [-0.4, -0.2) is 16.2 Å². The Hall–Kier alpha value is -1.85. The maximum atomic E-state index is 5.42. The zero-order valence-electron chi connectivity index (χ0n) is 15.9. The third kappa shape index (κ3) is 3.39. The minimum absolute atomic E-state index is 0.617. The molecule has 27 heavy (non-hydrogen) atoms. The van der Waals surface area contributed by atoms with Crippen LogP contribution in [0.2, 0.25) is 0 Å². The standard InChI is InChI=1S/C22H25N3OS/c1-13-22(14(2)26-24-13)16-11-20-18(9-10-19(23-20)15-7-8-15)21(12-16)27-25-17-5-3-4-6-17/h9-12,15,17,25H,3-8H2,1-2H3. The number of fused-ring (bicyclic) bond motifs is 1. The second-order valence-corrected chi connectivity index (χ2v) is 8.83. The predicted octanol–water partition coefficient (Wildman–Crippen LogP) is 5.92. The number of nitrogens with zero attached hydrogens (tertiary/aromatic N) is 2. The van der Waals surface area contributed by atoms with Crippen LogP contribution in [0.5, 0.6) is 0 Å². The summed E-state index contributed by atoms with van der Waals surface area (Å²) in [6.45, 7) is 3.99. The van der Waals surface area contributed by atoms with E-state index in [1.54, 1.807) is 11.9 Å². The molecule has 2 aliphatic rings. The van der Waals surface area contributed by atoms with Crippen LogP contribution in [0.15, 0.2) is 33.7 Å². The van der Waals surface area contributed by atoms with E-state index in [4.69, 9.17) is 9.51 Å². The summed E-state index contributed by atoms with van der Waals surface area (Å²) >= 11 is 1.76. The number of aromatic nitrogens is 2. The highest BCUT2D eigenvalue weighted by atomic mass is 32.2. The third-order valence-corrected chi connectivity index (χ3v) is 6.81. The first-order chi connectivity index (χ1) is 13.2. The largest absolute Gasteiger partial charge is 0.361 e. The SMILES string of the molecule is Cc1noc(C)c1-c1cc(SNC2CCCC2)c2ccc(C3CC3)nc2c1. The van der Waals surface area contributed by atoms with Crippen molar-refractivity contribution in [3.8, 4) is 11.1 Å². The summed E-state index contributed by atoms with van der Waals surface area (Å²) in [6, 6.07) is 9.56. The average molecular weight is 380 g/mol. The lowest BCUT2D eigenvalue weighted by atomic mass is 10.0. The molecule has 0 bridgehead atoms. The van der Waals surface area contributed by atoms with Crippen LogP contribution in [0.3, 0.4) is 0 Å². The van der Waals surface area contributed by atoms with Gasteiger partial charge in [-0.15, -0.1) is 0 Å². The highest BCUT2D eigenvalue weighted by Gasteiger charge is 2.25. The number of pyridine rings is 1. The summed E-state index contributed by atoms with van der Waals surface area (Å²) in [4.78, 5) is 6.26. The molecule has 2 heterocycles. The van der Waals surface area contributed by atoms with Crippen LogP contribution < -0.4 is 4.72 Å². The van der Waals surface area contributed by atoms with Crippen molar-refractivity contribution in [3.05, 3.63) is 41.4 Å². The molecule has 140 valence electrons. The van der Waals surface area contributed by atoms with E-state index in [1.807, 2.05) is 13.8 Å². The van der Waals surface area contributed by atoms with Gasteiger partial charge < -0.3 is 4.52 Å². The molecular formula is C22H25N3OS. The molecule has 2 fully saturated rings. The Morgan fingerprint density at radius 1 is 1.07 bits per heavy atom. The van der Waals surface area contributed by atoms with Crippen molar-refractivity contribution in [2.24, 2.45) is 0 Å². The minimum atomic E-state index is 0.617. The van der Waals surface area contributed by atoms with Gasteiger partial charge in [0, 0.05) is 33.5 Å². The molecule has 2 saturated carbocycles. The second kappa shape index (κ2) is 6.95. The van der Waals surface area contributed by atoms with E-state index in [9.17, 15) is 0 Å². The van der Waals surface area contributed by atoms with Gasteiger partial charge in [0.15, 0.2) is 0 Å². The van der Waals surface area contributed by atoms with Gasteiger partial charge in [-0.25, -0.2) is 0 Å². The van der Waals surface area contributed by atoms with Gasteiger partial charge in [0.05, 0.1) is 11.2 Å². The van der Waals surface area contributed by atoms with E-state index in [0.717, 1.165) is 28.1 Å². The monoisotopic (exact) mass is 379 g/mol. The highest BCUT2D eigenvalue weighted by Crippen LogP contribution is 2.41. The molecule has 0 saturated heterocycles. The minimum Gasteiger partial charge on any atom is -0.361 e. The van der Waals surface area contributed by atoms with E-state index in [1.165, 1.54) is 54.5 Å². The fourth-order valence-corrected chi connectivity index (χ4v) is 5.14. The summed E-state index contributed by atoms with van der Waals surface area (Å²) < 4.78 is 9.11. The molecule has 1 N–H and O–H groups in total. The first kappa shape index (κ1) is 17.3. The smallest absolute Gasteiger partial charge is 0.141 e. The summed E-state index contributed by atoms with van der Waals surface area (Å²) in [6.07, 6.45) is 7.77. The molecule has 5 rings (SSSR count). The van der Waals surface area contributed by atoms with E-state index < -0.39 is 0 Å². The summed E-state index contributed by atoms with van der Waals surface area (Å²) in [7, 11) is 0. The summed E-state index contributed by atoms with van der Waals surface area (Å²) in [5, 5.41) is 5.38. The van der Waals surface area contributed by atoms with Gasteiger partial charge >= 0.3 is 0 Å². The Bertz CT molecular complexity index is 967. The van der Waals surface area contributed by atoms with Gasteiger partial charge in [0.2, 0.25) is 0 Å². The molecular weight excluding hydrogens is 354 g/mol. The number of hydrogen-bond donors (Lipinski definition) is 1. The van der Waals surface area contributed by atoms with Gasteiger partial charge in [0.25, 0.3) is 0 Å². The summed E-state index contributed by atoms with van der Waals surface area (Å²) in [5.41, 5.74) is 5.49.